The van der Waals surface area contributed by atoms with Crippen molar-refractivity contribution in [3.05, 3.63) is 46.2 Å². The van der Waals surface area contributed by atoms with E-state index in [1.54, 1.807) is 0 Å². The summed E-state index contributed by atoms with van der Waals surface area (Å²) in [6.07, 6.45) is 3.76. The molecule has 0 saturated carbocycles. The number of ether oxygens (including phenoxy) is 3. The van der Waals surface area contributed by atoms with Gasteiger partial charge in [-0.2, -0.15) is 8.78 Å². The molecule has 1 aromatic carbocycles. The van der Waals surface area contributed by atoms with Crippen LogP contribution in [0.2, 0.25) is 10.0 Å². The quantitative estimate of drug-likeness (QED) is 0.297. The Balaban J connectivity index is 1.97. The fourth-order valence-corrected chi connectivity index (χ4v) is 3.10. The van der Waals surface area contributed by atoms with Crippen LogP contribution in [0.4, 0.5) is 14.5 Å². The normalized spacial score (nSPS) is 10.9. The lowest BCUT2D eigenvalue weighted by Crippen LogP contribution is -2.20. The molecule has 1 heterocycles. The number of unbranched alkanes of at least 4 members (excludes halogenated alkanes) is 1. The molecule has 0 atom stereocenters. The average Bonchev–Trinajstić information content (AvgIpc) is 2.76. The first kappa shape index (κ1) is 27.6. The summed E-state index contributed by atoms with van der Waals surface area (Å²) in [5.74, 6) is -1.19. The number of anilines is 1. The molecule has 1 aromatic heterocycles. The van der Waals surface area contributed by atoms with Crippen molar-refractivity contribution in [3.63, 3.8) is 0 Å². The Morgan fingerprint density at radius 3 is 2.44 bits per heavy atom. The number of halogens is 4. The van der Waals surface area contributed by atoms with Gasteiger partial charge in [0.25, 0.3) is 5.91 Å². The van der Waals surface area contributed by atoms with Gasteiger partial charge < -0.3 is 24.4 Å². The smallest absolute Gasteiger partial charge is 0.387 e. The molecule has 0 fully saturated rings. The third kappa shape index (κ3) is 9.28. The highest BCUT2D eigenvalue weighted by atomic mass is 35.5. The van der Waals surface area contributed by atoms with Crippen LogP contribution < -0.4 is 14.8 Å². The van der Waals surface area contributed by atoms with Crippen LogP contribution in [-0.2, 0) is 9.53 Å². The Morgan fingerprint density at radius 2 is 1.79 bits per heavy atom. The first-order chi connectivity index (χ1) is 16.2. The molecule has 0 aliphatic carbocycles. The zero-order valence-electron chi connectivity index (χ0n) is 18.7. The summed E-state index contributed by atoms with van der Waals surface area (Å²) in [5, 5.41) is 2.82. The van der Waals surface area contributed by atoms with Gasteiger partial charge in [-0.25, -0.2) is 0 Å². The summed E-state index contributed by atoms with van der Waals surface area (Å²) in [4.78, 5) is 30.0. The molecular weight excluding hydrogens is 495 g/mol. The molecule has 2 rings (SSSR count). The van der Waals surface area contributed by atoms with E-state index in [1.165, 1.54) is 30.6 Å². The number of likely N-dealkylation sites (N-methyl/N-ethyl adjacent to an activating group) is 1. The Labute approximate surface area is 206 Å². The van der Waals surface area contributed by atoms with Crippen molar-refractivity contribution in [1.82, 2.24) is 9.88 Å². The number of amides is 1. The van der Waals surface area contributed by atoms with Crippen LogP contribution in [0, 0.1) is 0 Å². The minimum Gasteiger partial charge on any atom is -0.490 e. The maximum Gasteiger partial charge on any atom is 0.387 e. The van der Waals surface area contributed by atoms with Gasteiger partial charge in [0.05, 0.1) is 22.3 Å². The zero-order chi connectivity index (χ0) is 25.1. The standard InChI is InChI=1S/C22H25Cl2F2N3O5/c1-29(2)8-10-33-19(30)5-3-4-9-32-18-11-14(6-7-17(18)34-22(25)26)21(31)28-20-15(23)12-27-13-16(20)24/h6-7,11-13,22H,3-5,8-10H2,1-2H3,(H,27,28,31). The molecule has 0 aliphatic rings. The molecule has 0 saturated heterocycles. The second kappa shape index (κ2) is 13.9. The maximum absolute atomic E-state index is 12.8. The molecule has 0 aliphatic heterocycles. The van der Waals surface area contributed by atoms with Crippen molar-refractivity contribution < 1.29 is 32.6 Å². The van der Waals surface area contributed by atoms with Crippen LogP contribution in [0.15, 0.2) is 30.6 Å². The first-order valence-electron chi connectivity index (χ1n) is 10.3. The molecule has 0 spiro atoms. The number of nitrogens with one attached hydrogen (secondary N) is 1. The molecule has 0 radical (unpaired) electrons. The van der Waals surface area contributed by atoms with Gasteiger partial charge in [-0.1, -0.05) is 23.2 Å². The number of hydrogen-bond acceptors (Lipinski definition) is 7. The van der Waals surface area contributed by atoms with E-state index in [2.05, 4.69) is 15.0 Å². The molecule has 12 heteroatoms. The van der Waals surface area contributed by atoms with E-state index < -0.39 is 12.5 Å². The number of benzene rings is 1. The average molecular weight is 520 g/mol. The van der Waals surface area contributed by atoms with Crippen LogP contribution in [0.5, 0.6) is 11.5 Å². The van der Waals surface area contributed by atoms with Gasteiger partial charge in [-0.15, -0.1) is 0 Å². The third-order valence-corrected chi connectivity index (χ3v) is 4.92. The Morgan fingerprint density at radius 1 is 1.09 bits per heavy atom. The molecule has 0 bridgehead atoms. The number of rotatable bonds is 13. The molecule has 2 aromatic rings. The second-order valence-electron chi connectivity index (χ2n) is 7.30. The number of pyridine rings is 1. The summed E-state index contributed by atoms with van der Waals surface area (Å²) in [6, 6.07) is 3.77. The number of esters is 1. The number of nitrogens with zero attached hydrogens (tertiary/aromatic N) is 2. The molecule has 0 unspecified atom stereocenters. The number of carbonyl (C=O) groups excluding carboxylic acids is 2. The predicted molar refractivity (Wildman–Crippen MR) is 124 cm³/mol. The van der Waals surface area contributed by atoms with E-state index in [4.69, 9.17) is 32.7 Å². The van der Waals surface area contributed by atoms with E-state index in [-0.39, 0.29) is 51.8 Å². The van der Waals surface area contributed by atoms with Crippen molar-refractivity contribution in [2.24, 2.45) is 0 Å². The SMILES string of the molecule is CN(C)CCOC(=O)CCCCOc1cc(C(=O)Nc2c(Cl)cncc2Cl)ccc1OC(F)F. The van der Waals surface area contributed by atoms with Gasteiger partial charge in [-0.3, -0.25) is 14.6 Å². The highest BCUT2D eigenvalue weighted by Crippen LogP contribution is 2.32. The number of hydrogen-bond donors (Lipinski definition) is 1. The molecular formula is C22H25Cl2F2N3O5. The minimum absolute atomic E-state index is 0.0477. The molecule has 34 heavy (non-hydrogen) atoms. The first-order valence-corrected chi connectivity index (χ1v) is 11.0. The largest absolute Gasteiger partial charge is 0.490 e. The fourth-order valence-electron chi connectivity index (χ4n) is 2.64. The van der Waals surface area contributed by atoms with Gasteiger partial charge in [0, 0.05) is 30.9 Å². The Kier molecular flexibility index (Phi) is 11.2. The predicted octanol–water partition coefficient (Wildman–Crippen LogP) is 4.90. The Hall–Kier alpha value is -2.69. The summed E-state index contributed by atoms with van der Waals surface area (Å²) < 4.78 is 40.7. The van der Waals surface area contributed by atoms with Gasteiger partial charge in [0.1, 0.15) is 6.61 Å². The number of alkyl halides is 2. The zero-order valence-corrected chi connectivity index (χ0v) is 20.2. The summed E-state index contributed by atoms with van der Waals surface area (Å²) in [5.41, 5.74) is 0.265. The van der Waals surface area contributed by atoms with Crippen molar-refractivity contribution >= 4 is 40.8 Å². The highest BCUT2D eigenvalue weighted by Gasteiger charge is 2.17. The molecule has 8 nitrogen and oxygen atoms in total. The Bertz CT molecular complexity index is 959. The van der Waals surface area contributed by atoms with Crippen molar-refractivity contribution in [2.45, 2.75) is 25.9 Å². The van der Waals surface area contributed by atoms with Gasteiger partial charge in [0.15, 0.2) is 11.5 Å². The minimum atomic E-state index is -3.08. The molecule has 1 amide bonds. The summed E-state index contributed by atoms with van der Waals surface area (Å²) >= 11 is 12.0. The monoisotopic (exact) mass is 519 g/mol. The van der Waals surface area contributed by atoms with Crippen molar-refractivity contribution in [1.29, 1.82) is 0 Å². The number of carbonyl (C=O) groups is 2. The fraction of sp³-hybridized carbons (Fsp3) is 0.409. The van der Waals surface area contributed by atoms with Crippen LogP contribution in [-0.4, -0.2) is 62.2 Å². The van der Waals surface area contributed by atoms with E-state index in [0.29, 0.717) is 26.0 Å². The third-order valence-electron chi connectivity index (χ3n) is 4.35. The summed E-state index contributed by atoms with van der Waals surface area (Å²) in [7, 11) is 3.75. The van der Waals surface area contributed by atoms with Crippen LogP contribution in [0.3, 0.4) is 0 Å². The lowest BCUT2D eigenvalue weighted by Gasteiger charge is -2.14. The lowest BCUT2D eigenvalue weighted by atomic mass is 10.2. The van der Waals surface area contributed by atoms with E-state index in [0.717, 1.165) is 0 Å². The van der Waals surface area contributed by atoms with E-state index >= 15 is 0 Å². The van der Waals surface area contributed by atoms with E-state index in [9.17, 15) is 18.4 Å². The van der Waals surface area contributed by atoms with Crippen molar-refractivity contribution in [2.75, 3.05) is 39.2 Å². The van der Waals surface area contributed by atoms with Crippen molar-refractivity contribution in [3.8, 4) is 11.5 Å². The molecule has 1 N–H and O–H groups in total. The highest BCUT2D eigenvalue weighted by molar-refractivity contribution is 6.39. The van der Waals surface area contributed by atoms with Crippen LogP contribution in [0.1, 0.15) is 29.6 Å². The summed E-state index contributed by atoms with van der Waals surface area (Å²) in [6.45, 7) is -2.03. The van der Waals surface area contributed by atoms with Gasteiger partial charge in [-0.05, 0) is 45.1 Å². The second-order valence-corrected chi connectivity index (χ2v) is 8.12. The molecule has 186 valence electrons. The topological polar surface area (TPSA) is 90.0 Å². The van der Waals surface area contributed by atoms with Crippen LogP contribution in [0.25, 0.3) is 0 Å². The number of aromatic nitrogens is 1. The maximum atomic E-state index is 12.8. The van der Waals surface area contributed by atoms with E-state index in [1.807, 2.05) is 19.0 Å². The van der Waals surface area contributed by atoms with Gasteiger partial charge in [0.2, 0.25) is 0 Å². The lowest BCUT2D eigenvalue weighted by molar-refractivity contribution is -0.144. The van der Waals surface area contributed by atoms with Gasteiger partial charge >= 0.3 is 12.6 Å². The van der Waals surface area contributed by atoms with Crippen LogP contribution >= 0.6 is 23.2 Å².